The number of amides is 1. The molecule has 1 aliphatic carbocycles. The van der Waals surface area contributed by atoms with E-state index in [4.69, 9.17) is 11.6 Å². The van der Waals surface area contributed by atoms with Crippen LogP contribution < -0.4 is 0 Å². The zero-order chi connectivity index (χ0) is 15.2. The van der Waals surface area contributed by atoms with E-state index >= 15 is 0 Å². The Bertz CT molecular complexity index is 309. The first-order valence-electron chi connectivity index (χ1n) is 7.24. The highest BCUT2D eigenvalue weighted by atomic mass is 35.5. The molecule has 1 rings (SSSR count). The van der Waals surface area contributed by atoms with Gasteiger partial charge in [0.1, 0.15) is 0 Å². The molecule has 1 amide bonds. The van der Waals surface area contributed by atoms with E-state index in [1.807, 2.05) is 0 Å². The molecule has 118 valence electrons. The minimum atomic E-state index is -4.17. The van der Waals surface area contributed by atoms with Crippen LogP contribution in [0.2, 0.25) is 0 Å². The molecule has 0 bridgehead atoms. The van der Waals surface area contributed by atoms with Crippen LogP contribution in [0.4, 0.5) is 13.2 Å². The van der Waals surface area contributed by atoms with E-state index in [1.165, 1.54) is 0 Å². The lowest BCUT2D eigenvalue weighted by atomic mass is 9.80. The molecule has 0 spiro atoms. The molecule has 0 N–H and O–H groups in total. The summed E-state index contributed by atoms with van der Waals surface area (Å²) in [6.07, 6.45) is -0.290. The average Bonchev–Trinajstić information content (AvgIpc) is 2.42. The summed E-state index contributed by atoms with van der Waals surface area (Å²) in [6, 6.07) is 0. The standard InChI is InChI=1S/C14H23ClF3NO/c1-19(9-4-2-3-8-15)13(20)11-6-5-7-12(10-11)14(16,17)18/h11-12H,2-10H2,1H3. The van der Waals surface area contributed by atoms with Crippen LogP contribution in [0.3, 0.4) is 0 Å². The van der Waals surface area contributed by atoms with Gasteiger partial charge in [0.05, 0.1) is 5.92 Å². The molecule has 0 aliphatic heterocycles. The molecule has 1 aliphatic rings. The lowest BCUT2D eigenvalue weighted by Crippen LogP contribution is -2.38. The molecule has 20 heavy (non-hydrogen) atoms. The second-order valence-corrected chi connectivity index (χ2v) is 5.99. The second-order valence-electron chi connectivity index (χ2n) is 5.61. The highest BCUT2D eigenvalue weighted by molar-refractivity contribution is 6.17. The summed E-state index contributed by atoms with van der Waals surface area (Å²) in [5, 5.41) is 0. The first-order valence-corrected chi connectivity index (χ1v) is 7.77. The Morgan fingerprint density at radius 2 is 1.95 bits per heavy atom. The Morgan fingerprint density at radius 3 is 2.55 bits per heavy atom. The van der Waals surface area contributed by atoms with Crippen molar-refractivity contribution in [1.29, 1.82) is 0 Å². The Labute approximate surface area is 123 Å². The zero-order valence-corrected chi connectivity index (χ0v) is 12.6. The Balaban J connectivity index is 2.41. The molecule has 0 radical (unpaired) electrons. The average molecular weight is 314 g/mol. The molecule has 2 unspecified atom stereocenters. The quantitative estimate of drug-likeness (QED) is 0.531. The van der Waals surface area contributed by atoms with Crippen LogP contribution in [0.1, 0.15) is 44.9 Å². The van der Waals surface area contributed by atoms with Crippen molar-refractivity contribution in [1.82, 2.24) is 4.90 Å². The van der Waals surface area contributed by atoms with E-state index in [-0.39, 0.29) is 18.7 Å². The van der Waals surface area contributed by atoms with Crippen molar-refractivity contribution in [2.75, 3.05) is 19.5 Å². The summed E-state index contributed by atoms with van der Waals surface area (Å²) >= 11 is 5.57. The molecule has 1 saturated carbocycles. The SMILES string of the molecule is CN(CCCCCCl)C(=O)C1CCCC(C(F)(F)F)C1. The van der Waals surface area contributed by atoms with Gasteiger partial charge in [-0.15, -0.1) is 11.6 Å². The molecule has 0 aromatic carbocycles. The summed E-state index contributed by atoms with van der Waals surface area (Å²) in [4.78, 5) is 13.7. The highest BCUT2D eigenvalue weighted by Gasteiger charge is 2.43. The topological polar surface area (TPSA) is 20.3 Å². The molecular formula is C14H23ClF3NO. The van der Waals surface area contributed by atoms with E-state index in [0.29, 0.717) is 25.3 Å². The number of rotatable bonds is 6. The minimum Gasteiger partial charge on any atom is -0.346 e. The van der Waals surface area contributed by atoms with Crippen molar-refractivity contribution in [3.63, 3.8) is 0 Å². The molecule has 0 aromatic heterocycles. The molecule has 1 fully saturated rings. The van der Waals surface area contributed by atoms with Crippen molar-refractivity contribution in [2.24, 2.45) is 11.8 Å². The number of hydrogen-bond donors (Lipinski definition) is 0. The van der Waals surface area contributed by atoms with Gasteiger partial charge < -0.3 is 4.90 Å². The highest BCUT2D eigenvalue weighted by Crippen LogP contribution is 2.40. The normalized spacial score (nSPS) is 23.6. The van der Waals surface area contributed by atoms with Crippen LogP contribution in [0.5, 0.6) is 0 Å². The van der Waals surface area contributed by atoms with E-state index in [2.05, 4.69) is 0 Å². The van der Waals surface area contributed by atoms with Crippen LogP contribution in [-0.2, 0) is 4.79 Å². The smallest absolute Gasteiger partial charge is 0.346 e. The van der Waals surface area contributed by atoms with Crippen LogP contribution in [-0.4, -0.2) is 36.5 Å². The van der Waals surface area contributed by atoms with Crippen molar-refractivity contribution >= 4 is 17.5 Å². The number of halogens is 4. The zero-order valence-electron chi connectivity index (χ0n) is 11.9. The largest absolute Gasteiger partial charge is 0.391 e. The maximum absolute atomic E-state index is 12.7. The van der Waals surface area contributed by atoms with E-state index in [0.717, 1.165) is 19.3 Å². The van der Waals surface area contributed by atoms with Crippen LogP contribution >= 0.6 is 11.6 Å². The van der Waals surface area contributed by atoms with Crippen LogP contribution in [0.25, 0.3) is 0 Å². The Kier molecular flexibility index (Phi) is 7.13. The summed E-state index contributed by atoms with van der Waals surface area (Å²) < 4.78 is 38.2. The fourth-order valence-corrected chi connectivity index (χ4v) is 2.94. The van der Waals surface area contributed by atoms with Crippen LogP contribution in [0.15, 0.2) is 0 Å². The maximum Gasteiger partial charge on any atom is 0.391 e. The summed E-state index contributed by atoms with van der Waals surface area (Å²) in [5.41, 5.74) is 0. The summed E-state index contributed by atoms with van der Waals surface area (Å²) in [7, 11) is 1.68. The third-order valence-electron chi connectivity index (χ3n) is 3.99. The van der Waals surface area contributed by atoms with Crippen molar-refractivity contribution in [3.05, 3.63) is 0 Å². The minimum absolute atomic E-state index is 0.0473. The molecule has 0 aromatic rings. The number of carbonyl (C=O) groups is 1. The molecule has 6 heteroatoms. The Morgan fingerprint density at radius 1 is 1.25 bits per heavy atom. The fourth-order valence-electron chi connectivity index (χ4n) is 2.75. The van der Waals surface area contributed by atoms with Gasteiger partial charge in [-0.1, -0.05) is 12.8 Å². The van der Waals surface area contributed by atoms with E-state index in [1.54, 1.807) is 11.9 Å². The third kappa shape index (κ3) is 5.51. The first kappa shape index (κ1) is 17.6. The lowest BCUT2D eigenvalue weighted by Gasteiger charge is -2.32. The van der Waals surface area contributed by atoms with Crippen molar-refractivity contribution < 1.29 is 18.0 Å². The van der Waals surface area contributed by atoms with Gasteiger partial charge in [-0.2, -0.15) is 13.2 Å². The van der Waals surface area contributed by atoms with Gasteiger partial charge in [0.25, 0.3) is 0 Å². The summed E-state index contributed by atoms with van der Waals surface area (Å²) in [5.74, 6) is -1.30. The number of unbranched alkanes of at least 4 members (excludes halogenated alkanes) is 2. The monoisotopic (exact) mass is 313 g/mol. The van der Waals surface area contributed by atoms with Gasteiger partial charge in [-0.05, 0) is 32.1 Å². The van der Waals surface area contributed by atoms with E-state index < -0.39 is 18.0 Å². The van der Waals surface area contributed by atoms with Gasteiger partial charge in [0.2, 0.25) is 5.91 Å². The number of nitrogens with zero attached hydrogens (tertiary/aromatic N) is 1. The van der Waals surface area contributed by atoms with E-state index in [9.17, 15) is 18.0 Å². The molecule has 0 heterocycles. The number of carbonyl (C=O) groups excluding carboxylic acids is 1. The molecule has 2 atom stereocenters. The number of alkyl halides is 4. The molecular weight excluding hydrogens is 291 g/mol. The van der Waals surface area contributed by atoms with Gasteiger partial charge in [0, 0.05) is 25.4 Å². The molecule has 2 nitrogen and oxygen atoms in total. The van der Waals surface area contributed by atoms with Gasteiger partial charge in [-0.25, -0.2) is 0 Å². The first-order chi connectivity index (χ1) is 9.36. The predicted octanol–water partition coefficient (Wildman–Crippen LogP) is 4.22. The van der Waals surface area contributed by atoms with Gasteiger partial charge in [0.15, 0.2) is 0 Å². The Hall–Kier alpha value is -0.450. The lowest BCUT2D eigenvalue weighted by molar-refractivity contribution is -0.187. The fraction of sp³-hybridized carbons (Fsp3) is 0.929. The predicted molar refractivity (Wildman–Crippen MR) is 73.7 cm³/mol. The van der Waals surface area contributed by atoms with Crippen molar-refractivity contribution in [3.8, 4) is 0 Å². The summed E-state index contributed by atoms with van der Waals surface area (Å²) in [6.45, 7) is 0.600. The van der Waals surface area contributed by atoms with Gasteiger partial charge >= 0.3 is 6.18 Å². The maximum atomic E-state index is 12.7. The number of hydrogen-bond acceptors (Lipinski definition) is 1. The third-order valence-corrected chi connectivity index (χ3v) is 4.26. The molecule has 0 saturated heterocycles. The van der Waals surface area contributed by atoms with Crippen molar-refractivity contribution in [2.45, 2.75) is 51.1 Å². The van der Waals surface area contributed by atoms with Crippen LogP contribution in [0, 0.1) is 11.8 Å². The second kappa shape index (κ2) is 8.11. The van der Waals surface area contributed by atoms with Gasteiger partial charge in [-0.3, -0.25) is 4.79 Å².